The molecule has 0 amide bonds. The van der Waals surface area contributed by atoms with E-state index in [0.29, 0.717) is 28.5 Å². The molecule has 0 fully saturated rings. The van der Waals surface area contributed by atoms with E-state index in [-0.39, 0.29) is 11.5 Å². The summed E-state index contributed by atoms with van der Waals surface area (Å²) in [6.45, 7) is 6.50. The second-order valence-corrected chi connectivity index (χ2v) is 6.90. The van der Waals surface area contributed by atoms with Gasteiger partial charge in [0, 0.05) is 17.7 Å². The molecular weight excluding hydrogens is 373 g/mol. The Bertz CT molecular complexity index is 935. The lowest BCUT2D eigenvalue weighted by atomic mass is 10.1. The highest BCUT2D eigenvalue weighted by molar-refractivity contribution is 5.86. The third-order valence-corrected chi connectivity index (χ3v) is 3.45. The van der Waals surface area contributed by atoms with Gasteiger partial charge in [0.2, 0.25) is 0 Å². The maximum atomic E-state index is 12.9. The number of ether oxygens (including phenoxy) is 2. The molecule has 0 saturated heterocycles. The maximum Gasteiger partial charge on any atom is 0.354 e. The van der Waals surface area contributed by atoms with Crippen molar-refractivity contribution >= 4 is 5.97 Å². The zero-order valence-corrected chi connectivity index (χ0v) is 16.8. The first-order chi connectivity index (χ1) is 13.8. The molecule has 1 aromatic heterocycles. The van der Waals surface area contributed by atoms with Crippen LogP contribution >= 0.6 is 0 Å². The summed E-state index contributed by atoms with van der Waals surface area (Å²) in [6, 6.07) is 15.7. The molecule has 0 saturated carbocycles. The number of halogens is 1. The van der Waals surface area contributed by atoms with Crippen molar-refractivity contribution in [2.75, 3.05) is 7.11 Å². The molecule has 6 heteroatoms. The van der Waals surface area contributed by atoms with Gasteiger partial charge in [-0.05, 0) is 54.4 Å². The Labute approximate surface area is 169 Å². The summed E-state index contributed by atoms with van der Waals surface area (Å²) in [6.07, 6.45) is 0. The summed E-state index contributed by atoms with van der Waals surface area (Å²) in [5, 5.41) is 9.14. The Hall–Kier alpha value is -3.41. The standard InChI is InChI=1S/C19H14FNO4.C4H10/c1-24-16-10-17(21-18(11-16)19(22)23)12-2-6-14(7-3-12)25-15-8-4-13(20)5-9-15;1-4(2)3/h2-11H,1H3,(H,22,23);4H,1-3H3. The van der Waals surface area contributed by atoms with Crippen molar-refractivity contribution < 1.29 is 23.8 Å². The van der Waals surface area contributed by atoms with Crippen LogP contribution in [0, 0.1) is 11.7 Å². The van der Waals surface area contributed by atoms with Crippen LogP contribution in [0.3, 0.4) is 0 Å². The van der Waals surface area contributed by atoms with E-state index in [2.05, 4.69) is 25.8 Å². The van der Waals surface area contributed by atoms with E-state index in [1.54, 1.807) is 30.3 Å². The van der Waals surface area contributed by atoms with Crippen LogP contribution in [0.4, 0.5) is 4.39 Å². The van der Waals surface area contributed by atoms with E-state index in [9.17, 15) is 9.18 Å². The van der Waals surface area contributed by atoms with Crippen LogP contribution in [0.2, 0.25) is 0 Å². The van der Waals surface area contributed by atoms with Crippen LogP contribution in [-0.4, -0.2) is 23.2 Å². The molecule has 29 heavy (non-hydrogen) atoms. The predicted octanol–water partition coefficient (Wildman–Crippen LogP) is 6.05. The molecule has 1 N–H and O–H groups in total. The molecule has 0 radical (unpaired) electrons. The monoisotopic (exact) mass is 397 g/mol. The van der Waals surface area contributed by atoms with Crippen molar-refractivity contribution in [1.29, 1.82) is 0 Å². The highest BCUT2D eigenvalue weighted by atomic mass is 19.1. The van der Waals surface area contributed by atoms with Gasteiger partial charge in [0.05, 0.1) is 12.8 Å². The summed E-state index contributed by atoms with van der Waals surface area (Å²) in [5.41, 5.74) is 1.10. The Morgan fingerprint density at radius 1 is 0.931 bits per heavy atom. The zero-order chi connectivity index (χ0) is 21.4. The van der Waals surface area contributed by atoms with Gasteiger partial charge in [0.25, 0.3) is 0 Å². The van der Waals surface area contributed by atoms with Crippen LogP contribution < -0.4 is 9.47 Å². The molecule has 1 heterocycles. The zero-order valence-electron chi connectivity index (χ0n) is 16.8. The average molecular weight is 397 g/mol. The van der Waals surface area contributed by atoms with Crippen LogP contribution in [0.5, 0.6) is 17.2 Å². The Balaban J connectivity index is 0.000000687. The number of hydrogen-bond donors (Lipinski definition) is 1. The molecule has 0 atom stereocenters. The Kier molecular flexibility index (Phi) is 7.71. The lowest BCUT2D eigenvalue weighted by molar-refractivity contribution is 0.0690. The van der Waals surface area contributed by atoms with E-state index in [1.165, 1.54) is 37.4 Å². The van der Waals surface area contributed by atoms with Crippen LogP contribution in [0.1, 0.15) is 31.3 Å². The fourth-order valence-corrected chi connectivity index (χ4v) is 2.21. The van der Waals surface area contributed by atoms with Crippen molar-refractivity contribution in [3.8, 4) is 28.5 Å². The molecule has 0 spiro atoms. The first-order valence-corrected chi connectivity index (χ1v) is 9.11. The number of aromatic nitrogens is 1. The smallest absolute Gasteiger partial charge is 0.354 e. The summed E-state index contributed by atoms with van der Waals surface area (Å²) >= 11 is 0. The minimum Gasteiger partial charge on any atom is -0.497 e. The molecular formula is C23H24FNO4. The number of pyridine rings is 1. The number of rotatable bonds is 5. The van der Waals surface area contributed by atoms with Crippen molar-refractivity contribution in [2.24, 2.45) is 5.92 Å². The summed E-state index contributed by atoms with van der Waals surface area (Å²) in [7, 11) is 1.46. The van der Waals surface area contributed by atoms with Gasteiger partial charge in [0.15, 0.2) is 5.69 Å². The summed E-state index contributed by atoms with van der Waals surface area (Å²) in [5.74, 6) is 0.866. The molecule has 152 valence electrons. The molecule has 0 unspecified atom stereocenters. The van der Waals surface area contributed by atoms with Crippen LogP contribution in [-0.2, 0) is 0 Å². The highest BCUT2D eigenvalue weighted by Gasteiger charge is 2.11. The quantitative estimate of drug-likeness (QED) is 0.568. The van der Waals surface area contributed by atoms with Gasteiger partial charge in [-0.25, -0.2) is 14.2 Å². The number of carboxylic acids is 1. The fraction of sp³-hybridized carbons (Fsp3) is 0.217. The minimum absolute atomic E-state index is 0.0963. The lowest BCUT2D eigenvalue weighted by Crippen LogP contribution is -2.02. The predicted molar refractivity (Wildman–Crippen MR) is 110 cm³/mol. The molecule has 0 bridgehead atoms. The van der Waals surface area contributed by atoms with Gasteiger partial charge in [0.1, 0.15) is 23.1 Å². The maximum absolute atomic E-state index is 12.9. The third-order valence-electron chi connectivity index (χ3n) is 3.45. The van der Waals surface area contributed by atoms with Gasteiger partial charge in [-0.3, -0.25) is 0 Å². The fourth-order valence-electron chi connectivity index (χ4n) is 2.21. The average Bonchev–Trinajstić information content (AvgIpc) is 2.69. The van der Waals surface area contributed by atoms with E-state index in [1.807, 2.05) is 0 Å². The normalized spacial score (nSPS) is 10.1. The third kappa shape index (κ3) is 6.92. The first kappa shape index (κ1) is 21.9. The largest absolute Gasteiger partial charge is 0.497 e. The van der Waals surface area contributed by atoms with E-state index in [0.717, 1.165) is 5.92 Å². The molecule has 0 aliphatic heterocycles. The van der Waals surface area contributed by atoms with E-state index in [4.69, 9.17) is 14.6 Å². The second kappa shape index (κ2) is 10.2. The van der Waals surface area contributed by atoms with Crippen molar-refractivity contribution in [1.82, 2.24) is 4.98 Å². The molecule has 3 aromatic rings. The number of aromatic carboxylic acids is 1. The summed E-state index contributed by atoms with van der Waals surface area (Å²) in [4.78, 5) is 15.3. The molecule has 0 aliphatic rings. The number of nitrogens with zero attached hydrogens (tertiary/aromatic N) is 1. The van der Waals surface area contributed by atoms with Gasteiger partial charge in [-0.2, -0.15) is 0 Å². The lowest BCUT2D eigenvalue weighted by Gasteiger charge is -2.08. The molecule has 0 aliphatic carbocycles. The van der Waals surface area contributed by atoms with Gasteiger partial charge in [-0.15, -0.1) is 0 Å². The number of benzene rings is 2. The number of hydrogen-bond acceptors (Lipinski definition) is 4. The van der Waals surface area contributed by atoms with E-state index >= 15 is 0 Å². The van der Waals surface area contributed by atoms with Gasteiger partial charge < -0.3 is 14.6 Å². The summed E-state index contributed by atoms with van der Waals surface area (Å²) < 4.78 is 23.6. The Morgan fingerprint density at radius 2 is 1.45 bits per heavy atom. The topological polar surface area (TPSA) is 68.7 Å². The minimum atomic E-state index is -1.13. The number of methoxy groups -OCH3 is 1. The molecule has 3 rings (SSSR count). The molecule has 2 aromatic carbocycles. The number of carbonyl (C=O) groups is 1. The van der Waals surface area contributed by atoms with Crippen molar-refractivity contribution in [3.63, 3.8) is 0 Å². The number of carboxylic acid groups (broad SMARTS) is 1. The van der Waals surface area contributed by atoms with Crippen molar-refractivity contribution in [2.45, 2.75) is 20.8 Å². The SMILES string of the molecule is CC(C)C.COc1cc(C(=O)O)nc(-c2ccc(Oc3ccc(F)cc3)cc2)c1. The second-order valence-electron chi connectivity index (χ2n) is 6.90. The van der Waals surface area contributed by atoms with E-state index < -0.39 is 5.97 Å². The molecule has 5 nitrogen and oxygen atoms in total. The van der Waals surface area contributed by atoms with Crippen molar-refractivity contribution in [3.05, 3.63) is 72.2 Å². The van der Waals surface area contributed by atoms with Crippen LogP contribution in [0.15, 0.2) is 60.7 Å². The first-order valence-electron chi connectivity index (χ1n) is 9.11. The highest BCUT2D eigenvalue weighted by Crippen LogP contribution is 2.27. The Morgan fingerprint density at radius 3 is 1.93 bits per heavy atom. The van der Waals surface area contributed by atoms with Gasteiger partial charge >= 0.3 is 5.97 Å². The van der Waals surface area contributed by atoms with Crippen LogP contribution in [0.25, 0.3) is 11.3 Å². The van der Waals surface area contributed by atoms with Gasteiger partial charge in [-0.1, -0.05) is 20.8 Å².